The van der Waals surface area contributed by atoms with Crippen molar-refractivity contribution in [2.75, 3.05) is 25.6 Å². The Bertz CT molecular complexity index is 618. The van der Waals surface area contributed by atoms with Crippen molar-refractivity contribution in [3.63, 3.8) is 0 Å². The normalized spacial score (nSPS) is 12.3. The minimum absolute atomic E-state index is 0.0103. The molecule has 0 spiro atoms. The van der Waals surface area contributed by atoms with Crippen LogP contribution in [0.5, 0.6) is 0 Å². The van der Waals surface area contributed by atoms with E-state index in [4.69, 9.17) is 4.74 Å². The highest BCUT2D eigenvalue weighted by Gasteiger charge is 2.14. The lowest BCUT2D eigenvalue weighted by molar-refractivity contribution is -0.383. The molecule has 2 aromatic rings. The van der Waals surface area contributed by atoms with Gasteiger partial charge in [-0.05, 0) is 12.1 Å². The summed E-state index contributed by atoms with van der Waals surface area (Å²) in [7, 11) is 1.51. The van der Waals surface area contributed by atoms with E-state index in [1.807, 2.05) is 0 Å². The molecule has 20 heavy (non-hydrogen) atoms. The highest BCUT2D eigenvalue weighted by atomic mass is 16.6. The number of methoxy groups -OCH3 is 1. The predicted octanol–water partition coefficient (Wildman–Crippen LogP) is 1.56. The highest BCUT2D eigenvalue weighted by molar-refractivity contribution is 5.99. The molecule has 106 valence electrons. The van der Waals surface area contributed by atoms with E-state index in [2.05, 4.69) is 10.3 Å². The molecule has 2 rings (SSSR count). The molecule has 0 saturated heterocycles. The van der Waals surface area contributed by atoms with E-state index in [9.17, 15) is 15.2 Å². The van der Waals surface area contributed by atoms with Crippen LogP contribution in [-0.2, 0) is 4.74 Å². The molecule has 1 aromatic carbocycles. The number of fused-ring (bicyclic) bond motifs is 1. The summed E-state index contributed by atoms with van der Waals surface area (Å²) in [5.74, 6) is 0. The van der Waals surface area contributed by atoms with Crippen LogP contribution >= 0.6 is 0 Å². The van der Waals surface area contributed by atoms with Gasteiger partial charge in [0.1, 0.15) is 0 Å². The van der Waals surface area contributed by atoms with Gasteiger partial charge < -0.3 is 15.2 Å². The lowest BCUT2D eigenvalue weighted by Crippen LogP contribution is -2.24. The molecule has 0 aliphatic rings. The number of nitro groups is 1. The monoisotopic (exact) mass is 277 g/mol. The molecule has 0 radical (unpaired) electrons. The van der Waals surface area contributed by atoms with Crippen LogP contribution in [0, 0.1) is 10.1 Å². The van der Waals surface area contributed by atoms with Crippen LogP contribution in [0.2, 0.25) is 0 Å². The summed E-state index contributed by atoms with van der Waals surface area (Å²) in [6, 6.07) is 4.75. The third-order valence-electron chi connectivity index (χ3n) is 2.88. The number of aliphatic hydroxyl groups excluding tert-OH is 1. The maximum atomic E-state index is 11.0. The van der Waals surface area contributed by atoms with Crippen molar-refractivity contribution >= 4 is 22.1 Å². The molecule has 0 bridgehead atoms. The minimum atomic E-state index is -0.646. The van der Waals surface area contributed by atoms with E-state index in [-0.39, 0.29) is 12.3 Å². The molecule has 1 aromatic heterocycles. The quantitative estimate of drug-likeness (QED) is 0.614. The average molecular weight is 277 g/mol. The van der Waals surface area contributed by atoms with Crippen molar-refractivity contribution in [2.24, 2.45) is 0 Å². The third-order valence-corrected chi connectivity index (χ3v) is 2.88. The first kappa shape index (κ1) is 14.2. The van der Waals surface area contributed by atoms with Gasteiger partial charge in [0.15, 0.2) is 0 Å². The molecule has 7 heteroatoms. The fraction of sp³-hybridized carbons (Fsp3) is 0.308. The number of aliphatic hydroxyl groups is 1. The van der Waals surface area contributed by atoms with Crippen LogP contribution in [0.4, 0.5) is 11.4 Å². The maximum absolute atomic E-state index is 11.0. The minimum Gasteiger partial charge on any atom is -0.389 e. The molecule has 0 fully saturated rings. The Morgan fingerprint density at radius 2 is 2.25 bits per heavy atom. The van der Waals surface area contributed by atoms with Gasteiger partial charge in [-0.1, -0.05) is 0 Å². The van der Waals surface area contributed by atoms with E-state index in [1.54, 1.807) is 18.3 Å². The Hall–Kier alpha value is -2.25. The largest absolute Gasteiger partial charge is 0.389 e. The van der Waals surface area contributed by atoms with Crippen molar-refractivity contribution in [2.45, 2.75) is 6.10 Å². The van der Waals surface area contributed by atoms with Gasteiger partial charge in [0.05, 0.1) is 23.0 Å². The van der Waals surface area contributed by atoms with Crippen LogP contribution in [0.15, 0.2) is 30.6 Å². The lowest BCUT2D eigenvalue weighted by atomic mass is 10.1. The number of nitrogens with one attached hydrogen (secondary N) is 1. The van der Waals surface area contributed by atoms with Crippen LogP contribution in [0.3, 0.4) is 0 Å². The zero-order chi connectivity index (χ0) is 14.5. The number of benzene rings is 1. The number of ether oxygens (including phenoxy) is 1. The van der Waals surface area contributed by atoms with Crippen molar-refractivity contribution in [1.29, 1.82) is 0 Å². The summed E-state index contributed by atoms with van der Waals surface area (Å²) >= 11 is 0. The molecule has 1 atom stereocenters. The van der Waals surface area contributed by atoms with Gasteiger partial charge in [-0.2, -0.15) is 0 Å². The Balaban J connectivity index is 2.31. The smallest absolute Gasteiger partial charge is 0.278 e. The molecule has 7 nitrogen and oxygen atoms in total. The van der Waals surface area contributed by atoms with Gasteiger partial charge in [-0.25, -0.2) is 0 Å². The van der Waals surface area contributed by atoms with Crippen molar-refractivity contribution in [3.05, 3.63) is 40.7 Å². The third kappa shape index (κ3) is 3.01. The fourth-order valence-electron chi connectivity index (χ4n) is 1.97. The number of anilines is 1. The standard InChI is InChI=1S/C13H15N3O4/c1-20-8-9(17)6-15-12-2-3-13(16(18)19)11-7-14-5-4-10(11)12/h2-5,7,9,15,17H,6,8H2,1H3/t9-/m1/s1. The molecule has 2 N–H and O–H groups in total. The van der Waals surface area contributed by atoms with Crippen molar-refractivity contribution < 1.29 is 14.8 Å². The summed E-state index contributed by atoms with van der Waals surface area (Å²) in [5.41, 5.74) is 0.722. The van der Waals surface area contributed by atoms with E-state index in [0.717, 1.165) is 0 Å². The zero-order valence-electron chi connectivity index (χ0n) is 10.9. The number of hydrogen-bond donors (Lipinski definition) is 2. The van der Waals surface area contributed by atoms with Crippen LogP contribution in [0.1, 0.15) is 0 Å². The van der Waals surface area contributed by atoms with Crippen molar-refractivity contribution in [3.8, 4) is 0 Å². The Labute approximate surface area is 115 Å². The summed E-state index contributed by atoms with van der Waals surface area (Å²) in [6.45, 7) is 0.516. The van der Waals surface area contributed by atoms with E-state index in [1.165, 1.54) is 19.4 Å². The summed E-state index contributed by atoms with van der Waals surface area (Å²) in [4.78, 5) is 14.5. The first-order valence-electron chi connectivity index (χ1n) is 6.05. The lowest BCUT2D eigenvalue weighted by Gasteiger charge is -2.13. The number of nitrogens with zero attached hydrogens (tertiary/aromatic N) is 2. The van der Waals surface area contributed by atoms with Gasteiger partial charge in [0.25, 0.3) is 5.69 Å². The Morgan fingerprint density at radius 3 is 2.95 bits per heavy atom. The fourth-order valence-corrected chi connectivity index (χ4v) is 1.97. The van der Waals surface area contributed by atoms with Crippen LogP contribution < -0.4 is 5.32 Å². The zero-order valence-corrected chi connectivity index (χ0v) is 10.9. The van der Waals surface area contributed by atoms with Gasteiger partial charge in [-0.15, -0.1) is 0 Å². The SMILES string of the molecule is COC[C@H](O)CNc1ccc([N+](=O)[O-])c2cnccc12. The van der Waals surface area contributed by atoms with Gasteiger partial charge in [0.2, 0.25) is 0 Å². The number of aromatic nitrogens is 1. The number of pyridine rings is 1. The number of non-ortho nitro benzene ring substituents is 1. The summed E-state index contributed by atoms with van der Waals surface area (Å²) in [5, 5.41) is 24.8. The van der Waals surface area contributed by atoms with Crippen molar-refractivity contribution in [1.82, 2.24) is 4.98 Å². The molecular weight excluding hydrogens is 262 g/mol. The highest BCUT2D eigenvalue weighted by Crippen LogP contribution is 2.30. The van der Waals surface area contributed by atoms with Crippen LogP contribution in [0.25, 0.3) is 10.8 Å². The first-order valence-corrected chi connectivity index (χ1v) is 6.05. The Morgan fingerprint density at radius 1 is 1.45 bits per heavy atom. The maximum Gasteiger partial charge on any atom is 0.278 e. The molecule has 1 heterocycles. The van der Waals surface area contributed by atoms with Crippen LogP contribution in [-0.4, -0.2) is 41.4 Å². The topological polar surface area (TPSA) is 97.5 Å². The number of nitro benzene ring substituents is 1. The van der Waals surface area contributed by atoms with E-state index < -0.39 is 11.0 Å². The van der Waals surface area contributed by atoms with E-state index >= 15 is 0 Å². The second kappa shape index (κ2) is 6.27. The van der Waals surface area contributed by atoms with Gasteiger partial charge >= 0.3 is 0 Å². The second-order valence-corrected chi connectivity index (χ2v) is 4.30. The molecule has 0 unspecified atom stereocenters. The summed E-state index contributed by atoms with van der Waals surface area (Å²) in [6.07, 6.45) is 2.39. The molecule has 0 aliphatic carbocycles. The second-order valence-electron chi connectivity index (χ2n) is 4.30. The Kier molecular flexibility index (Phi) is 4.44. The molecule has 0 saturated carbocycles. The molecule has 0 amide bonds. The first-order chi connectivity index (χ1) is 9.63. The predicted molar refractivity (Wildman–Crippen MR) is 74.8 cm³/mol. The molecular formula is C13H15N3O4. The summed E-state index contributed by atoms with van der Waals surface area (Å²) < 4.78 is 4.84. The number of hydrogen-bond acceptors (Lipinski definition) is 6. The average Bonchev–Trinajstić information content (AvgIpc) is 2.44. The van der Waals surface area contributed by atoms with Gasteiger partial charge in [-0.3, -0.25) is 15.1 Å². The number of rotatable bonds is 6. The molecule has 0 aliphatic heterocycles. The van der Waals surface area contributed by atoms with Gasteiger partial charge in [0, 0.05) is 43.2 Å². The van der Waals surface area contributed by atoms with E-state index in [0.29, 0.717) is 23.0 Å².